The van der Waals surface area contributed by atoms with Crippen LogP contribution in [0.15, 0.2) is 12.2 Å². The third-order valence-corrected chi connectivity index (χ3v) is 5.24. The van der Waals surface area contributed by atoms with Gasteiger partial charge in [-0.05, 0) is 38.5 Å². The first kappa shape index (κ1) is 28.7. The fraction of sp³-hybridized carbons (Fsp3) is 0.846. The van der Waals surface area contributed by atoms with E-state index in [1.165, 1.54) is 70.6 Å². The summed E-state index contributed by atoms with van der Waals surface area (Å²) < 4.78 is 10.2. The predicted octanol–water partition coefficient (Wildman–Crippen LogP) is 7.69. The lowest BCUT2D eigenvalue weighted by Gasteiger charge is -2.06. The highest BCUT2D eigenvalue weighted by atomic mass is 16.6. The quantitative estimate of drug-likeness (QED) is 0.101. The molecule has 176 valence electrons. The number of unbranched alkanes of at least 4 members (excludes halogenated alkanes) is 13. The molecule has 0 aromatic carbocycles. The average molecular weight is 425 g/mol. The summed E-state index contributed by atoms with van der Waals surface area (Å²) in [6, 6.07) is 0. The zero-order valence-electron chi connectivity index (χ0n) is 19.9. The second-order valence-corrected chi connectivity index (χ2v) is 8.23. The van der Waals surface area contributed by atoms with Crippen molar-refractivity contribution in [1.29, 1.82) is 0 Å². The Kier molecular flexibility index (Phi) is 22.9. The fourth-order valence-electron chi connectivity index (χ4n) is 3.31. The van der Waals surface area contributed by atoms with Crippen molar-refractivity contribution < 1.29 is 19.1 Å². The van der Waals surface area contributed by atoms with Crippen LogP contribution in [0.25, 0.3) is 0 Å². The van der Waals surface area contributed by atoms with Crippen molar-refractivity contribution in [3.8, 4) is 0 Å². The molecule has 0 atom stereocenters. The van der Waals surface area contributed by atoms with Crippen LogP contribution in [0.1, 0.15) is 129 Å². The molecule has 0 heterocycles. The molecule has 4 nitrogen and oxygen atoms in total. The second-order valence-electron chi connectivity index (χ2n) is 8.23. The van der Waals surface area contributed by atoms with Crippen LogP contribution in [0.3, 0.4) is 0 Å². The molecular weight excluding hydrogens is 376 g/mol. The molecule has 0 bridgehead atoms. The van der Waals surface area contributed by atoms with Gasteiger partial charge in [-0.2, -0.15) is 0 Å². The SMILES string of the molecule is CCCCCCCC/C=C\CCCCCCCC(=O)OCCOC(=O)CCCCC. The maximum Gasteiger partial charge on any atom is 0.305 e. The zero-order valence-corrected chi connectivity index (χ0v) is 19.9. The Morgan fingerprint density at radius 1 is 0.533 bits per heavy atom. The first-order valence-corrected chi connectivity index (χ1v) is 12.7. The highest BCUT2D eigenvalue weighted by molar-refractivity contribution is 5.70. The molecule has 0 spiro atoms. The third-order valence-electron chi connectivity index (χ3n) is 5.24. The van der Waals surface area contributed by atoms with Crippen molar-refractivity contribution in [2.45, 2.75) is 129 Å². The Labute approximate surface area is 186 Å². The van der Waals surface area contributed by atoms with E-state index < -0.39 is 0 Å². The molecule has 0 aromatic rings. The first-order chi connectivity index (χ1) is 14.7. The molecule has 0 rings (SSSR count). The van der Waals surface area contributed by atoms with Crippen LogP contribution in [0.5, 0.6) is 0 Å². The Morgan fingerprint density at radius 3 is 1.40 bits per heavy atom. The molecule has 0 fully saturated rings. The molecule has 0 amide bonds. The van der Waals surface area contributed by atoms with Crippen LogP contribution in [0.4, 0.5) is 0 Å². The zero-order chi connectivity index (χ0) is 22.1. The van der Waals surface area contributed by atoms with Crippen LogP contribution < -0.4 is 0 Å². The second kappa shape index (κ2) is 24.0. The number of allylic oxidation sites excluding steroid dienone is 2. The normalized spacial score (nSPS) is 11.1. The van der Waals surface area contributed by atoms with Crippen LogP contribution in [-0.2, 0) is 19.1 Å². The van der Waals surface area contributed by atoms with E-state index in [1.807, 2.05) is 0 Å². The van der Waals surface area contributed by atoms with E-state index in [9.17, 15) is 9.59 Å². The summed E-state index contributed by atoms with van der Waals surface area (Å²) in [4.78, 5) is 23.1. The number of carbonyl (C=O) groups is 2. The molecular formula is C26H48O4. The van der Waals surface area contributed by atoms with E-state index in [1.54, 1.807) is 0 Å². The monoisotopic (exact) mass is 424 g/mol. The molecule has 0 aliphatic carbocycles. The smallest absolute Gasteiger partial charge is 0.305 e. The van der Waals surface area contributed by atoms with Gasteiger partial charge in [-0.15, -0.1) is 0 Å². The standard InChI is InChI=1S/C26H48O4/c1-3-5-7-8-9-10-11-12-13-14-15-16-17-18-20-22-26(28)30-24-23-29-25(27)21-19-6-4-2/h12-13H,3-11,14-24H2,1-2H3/b13-12-. The molecule has 4 heteroatoms. The van der Waals surface area contributed by atoms with Gasteiger partial charge in [0.25, 0.3) is 0 Å². The summed E-state index contributed by atoms with van der Waals surface area (Å²) in [5, 5.41) is 0. The van der Waals surface area contributed by atoms with E-state index in [0.717, 1.165) is 32.1 Å². The van der Waals surface area contributed by atoms with Gasteiger partial charge in [0, 0.05) is 12.8 Å². The molecule has 0 aromatic heterocycles. The van der Waals surface area contributed by atoms with Crippen LogP contribution in [0, 0.1) is 0 Å². The highest BCUT2D eigenvalue weighted by Gasteiger charge is 2.05. The molecule has 0 radical (unpaired) electrons. The highest BCUT2D eigenvalue weighted by Crippen LogP contribution is 2.10. The minimum Gasteiger partial charge on any atom is -0.462 e. The van der Waals surface area contributed by atoms with Gasteiger partial charge in [-0.25, -0.2) is 0 Å². The van der Waals surface area contributed by atoms with Crippen molar-refractivity contribution in [3.63, 3.8) is 0 Å². The van der Waals surface area contributed by atoms with Crippen LogP contribution >= 0.6 is 0 Å². The van der Waals surface area contributed by atoms with Gasteiger partial charge in [-0.3, -0.25) is 9.59 Å². The van der Waals surface area contributed by atoms with Gasteiger partial charge in [0.05, 0.1) is 0 Å². The molecule has 30 heavy (non-hydrogen) atoms. The van der Waals surface area contributed by atoms with Gasteiger partial charge in [0.1, 0.15) is 13.2 Å². The van der Waals surface area contributed by atoms with Crippen molar-refractivity contribution in [2.24, 2.45) is 0 Å². The Balaban J connectivity index is 3.29. The summed E-state index contributed by atoms with van der Waals surface area (Å²) in [6.45, 7) is 4.70. The van der Waals surface area contributed by atoms with Gasteiger partial charge in [0.2, 0.25) is 0 Å². The van der Waals surface area contributed by atoms with Gasteiger partial charge in [0.15, 0.2) is 0 Å². The van der Waals surface area contributed by atoms with Crippen molar-refractivity contribution in [1.82, 2.24) is 0 Å². The van der Waals surface area contributed by atoms with Crippen LogP contribution in [-0.4, -0.2) is 25.2 Å². The Bertz CT molecular complexity index is 417. The maximum atomic E-state index is 11.7. The Morgan fingerprint density at radius 2 is 0.900 bits per heavy atom. The van der Waals surface area contributed by atoms with Gasteiger partial charge < -0.3 is 9.47 Å². The minimum absolute atomic E-state index is 0.170. The van der Waals surface area contributed by atoms with E-state index in [-0.39, 0.29) is 25.2 Å². The number of hydrogen-bond acceptors (Lipinski definition) is 4. The van der Waals surface area contributed by atoms with Crippen LogP contribution in [0.2, 0.25) is 0 Å². The number of ether oxygens (including phenoxy) is 2. The molecule has 0 saturated heterocycles. The topological polar surface area (TPSA) is 52.6 Å². The van der Waals surface area contributed by atoms with E-state index in [0.29, 0.717) is 12.8 Å². The van der Waals surface area contributed by atoms with Crippen molar-refractivity contribution in [2.75, 3.05) is 13.2 Å². The molecule has 0 saturated carbocycles. The maximum absolute atomic E-state index is 11.7. The summed E-state index contributed by atoms with van der Waals surface area (Å²) in [7, 11) is 0. The largest absolute Gasteiger partial charge is 0.462 e. The molecule has 0 aliphatic rings. The number of carbonyl (C=O) groups excluding carboxylic acids is 2. The third kappa shape index (κ3) is 23.0. The summed E-state index contributed by atoms with van der Waals surface area (Å²) in [5.74, 6) is -0.383. The molecule has 0 aliphatic heterocycles. The van der Waals surface area contributed by atoms with E-state index in [2.05, 4.69) is 26.0 Å². The predicted molar refractivity (Wildman–Crippen MR) is 126 cm³/mol. The van der Waals surface area contributed by atoms with Gasteiger partial charge in [-0.1, -0.05) is 90.2 Å². The number of rotatable bonds is 22. The van der Waals surface area contributed by atoms with Crippen molar-refractivity contribution >= 4 is 11.9 Å². The number of hydrogen-bond donors (Lipinski definition) is 0. The lowest BCUT2D eigenvalue weighted by molar-refractivity contribution is -0.152. The summed E-state index contributed by atoms with van der Waals surface area (Å²) in [6.07, 6.45) is 24.8. The van der Waals surface area contributed by atoms with E-state index in [4.69, 9.17) is 9.47 Å². The molecule has 0 N–H and O–H groups in total. The average Bonchev–Trinajstić information content (AvgIpc) is 2.74. The first-order valence-electron chi connectivity index (χ1n) is 12.7. The molecule has 0 unspecified atom stereocenters. The number of esters is 2. The summed E-state index contributed by atoms with van der Waals surface area (Å²) >= 11 is 0. The Hall–Kier alpha value is -1.32. The lowest BCUT2D eigenvalue weighted by atomic mass is 10.1. The minimum atomic E-state index is -0.197. The van der Waals surface area contributed by atoms with E-state index >= 15 is 0 Å². The lowest BCUT2D eigenvalue weighted by Crippen LogP contribution is -2.13. The summed E-state index contributed by atoms with van der Waals surface area (Å²) in [5.41, 5.74) is 0. The fourth-order valence-corrected chi connectivity index (χ4v) is 3.31. The van der Waals surface area contributed by atoms with Gasteiger partial charge >= 0.3 is 11.9 Å². The van der Waals surface area contributed by atoms with Crippen molar-refractivity contribution in [3.05, 3.63) is 12.2 Å².